The van der Waals surface area contributed by atoms with Gasteiger partial charge in [0.2, 0.25) is 0 Å². The number of hydrogen-bond donors (Lipinski definition) is 2. The molecule has 0 bridgehead atoms. The Morgan fingerprint density at radius 2 is 2.14 bits per heavy atom. The molecule has 1 aromatic heterocycles. The Kier molecular flexibility index (Phi) is 5.14. The largest absolute Gasteiger partial charge is 0.397 e. The van der Waals surface area contributed by atoms with Crippen LogP contribution in [0, 0.1) is 0 Å². The van der Waals surface area contributed by atoms with Crippen LogP contribution in [0.4, 0.5) is 5.69 Å². The molecular weight excluding hydrogens is 290 g/mol. The number of nitrogens with one attached hydrogen (secondary N) is 1. The number of halogens is 1. The van der Waals surface area contributed by atoms with Crippen molar-refractivity contribution in [3.8, 4) is 0 Å². The van der Waals surface area contributed by atoms with E-state index in [-0.39, 0.29) is 16.6 Å². The number of methoxy groups -OCH3 is 1. The fourth-order valence-corrected chi connectivity index (χ4v) is 2.09. The molecule has 0 saturated heterocycles. The number of ether oxygens (including phenoxy) is 1. The first-order valence-electron chi connectivity index (χ1n) is 6.36. The molecule has 2 rings (SSSR count). The van der Waals surface area contributed by atoms with E-state index in [2.05, 4.69) is 10.3 Å². The number of benzene rings is 1. The SMILES string of the molecule is COCc1cccc(CNC(=O)c2cc(N)cnc2Cl)c1. The molecule has 110 valence electrons. The van der Waals surface area contributed by atoms with Crippen molar-refractivity contribution in [2.24, 2.45) is 0 Å². The normalized spacial score (nSPS) is 10.4. The number of anilines is 1. The van der Waals surface area contributed by atoms with Gasteiger partial charge in [-0.2, -0.15) is 0 Å². The Morgan fingerprint density at radius 1 is 1.38 bits per heavy atom. The summed E-state index contributed by atoms with van der Waals surface area (Å²) in [4.78, 5) is 15.9. The molecule has 0 aliphatic carbocycles. The van der Waals surface area contributed by atoms with E-state index in [9.17, 15) is 4.79 Å². The highest BCUT2D eigenvalue weighted by molar-refractivity contribution is 6.32. The van der Waals surface area contributed by atoms with Crippen molar-refractivity contribution in [1.82, 2.24) is 10.3 Å². The second-order valence-corrected chi connectivity index (χ2v) is 4.90. The van der Waals surface area contributed by atoms with E-state index in [1.54, 1.807) is 7.11 Å². The molecular formula is C15H16ClN3O2. The van der Waals surface area contributed by atoms with Gasteiger partial charge >= 0.3 is 0 Å². The van der Waals surface area contributed by atoms with Crippen molar-refractivity contribution >= 4 is 23.2 Å². The summed E-state index contributed by atoms with van der Waals surface area (Å²) in [5.74, 6) is -0.308. The maximum absolute atomic E-state index is 12.1. The molecule has 0 saturated carbocycles. The topological polar surface area (TPSA) is 77.2 Å². The first-order chi connectivity index (χ1) is 10.1. The van der Waals surface area contributed by atoms with Crippen LogP contribution in [0.15, 0.2) is 36.5 Å². The lowest BCUT2D eigenvalue weighted by Crippen LogP contribution is -2.23. The summed E-state index contributed by atoms with van der Waals surface area (Å²) < 4.78 is 5.08. The van der Waals surface area contributed by atoms with E-state index in [0.29, 0.717) is 18.8 Å². The van der Waals surface area contributed by atoms with Gasteiger partial charge in [0.05, 0.1) is 24.1 Å². The Bertz CT molecular complexity index is 647. The summed E-state index contributed by atoms with van der Waals surface area (Å²) in [5, 5.41) is 2.93. The van der Waals surface area contributed by atoms with Crippen LogP contribution in [0.25, 0.3) is 0 Å². The average Bonchev–Trinajstić information content (AvgIpc) is 2.48. The third-order valence-electron chi connectivity index (χ3n) is 2.86. The molecule has 1 amide bonds. The first-order valence-corrected chi connectivity index (χ1v) is 6.74. The Hall–Kier alpha value is -2.11. The Morgan fingerprint density at radius 3 is 2.90 bits per heavy atom. The smallest absolute Gasteiger partial charge is 0.254 e. The number of amides is 1. The Balaban J connectivity index is 2.04. The number of rotatable bonds is 5. The van der Waals surface area contributed by atoms with E-state index in [1.807, 2.05) is 24.3 Å². The molecule has 2 aromatic rings. The first kappa shape index (κ1) is 15.3. The number of pyridine rings is 1. The molecule has 3 N–H and O–H groups in total. The predicted molar refractivity (Wildman–Crippen MR) is 82.0 cm³/mol. The molecule has 0 unspecified atom stereocenters. The lowest BCUT2D eigenvalue weighted by Gasteiger charge is -2.08. The van der Waals surface area contributed by atoms with Crippen molar-refractivity contribution in [2.45, 2.75) is 13.2 Å². The minimum atomic E-state index is -0.308. The maximum atomic E-state index is 12.1. The van der Waals surface area contributed by atoms with Gasteiger partial charge in [-0.3, -0.25) is 4.79 Å². The highest BCUT2D eigenvalue weighted by atomic mass is 35.5. The zero-order chi connectivity index (χ0) is 15.2. The summed E-state index contributed by atoms with van der Waals surface area (Å²) in [6.45, 7) is 0.925. The van der Waals surface area contributed by atoms with Gasteiger partial charge in [-0.1, -0.05) is 35.9 Å². The van der Waals surface area contributed by atoms with Gasteiger partial charge in [0.1, 0.15) is 5.15 Å². The molecule has 1 aromatic carbocycles. The molecule has 0 aliphatic heterocycles. The minimum absolute atomic E-state index is 0.134. The second-order valence-electron chi connectivity index (χ2n) is 4.54. The number of nitrogens with two attached hydrogens (primary N) is 1. The Labute approximate surface area is 128 Å². The van der Waals surface area contributed by atoms with Crippen molar-refractivity contribution in [2.75, 3.05) is 12.8 Å². The van der Waals surface area contributed by atoms with Crippen LogP contribution in [0.5, 0.6) is 0 Å². The van der Waals surface area contributed by atoms with Crippen LogP contribution in [0.2, 0.25) is 5.15 Å². The molecule has 5 nitrogen and oxygen atoms in total. The lowest BCUT2D eigenvalue weighted by molar-refractivity contribution is 0.0950. The number of carbonyl (C=O) groups excluding carboxylic acids is 1. The summed E-state index contributed by atoms with van der Waals surface area (Å²) in [7, 11) is 1.64. The zero-order valence-electron chi connectivity index (χ0n) is 11.6. The monoisotopic (exact) mass is 305 g/mol. The number of nitrogen functional groups attached to an aromatic ring is 1. The summed E-state index contributed by atoms with van der Waals surface area (Å²) in [6, 6.07) is 9.30. The van der Waals surface area contributed by atoms with Crippen molar-refractivity contribution < 1.29 is 9.53 Å². The van der Waals surface area contributed by atoms with E-state index < -0.39 is 0 Å². The van der Waals surface area contributed by atoms with Crippen LogP contribution >= 0.6 is 11.6 Å². The van der Waals surface area contributed by atoms with Gasteiger partial charge in [-0.15, -0.1) is 0 Å². The molecule has 0 atom stereocenters. The van der Waals surface area contributed by atoms with E-state index in [0.717, 1.165) is 11.1 Å². The molecule has 0 aliphatic rings. The van der Waals surface area contributed by atoms with Crippen molar-refractivity contribution in [1.29, 1.82) is 0 Å². The van der Waals surface area contributed by atoms with Gasteiger partial charge in [0, 0.05) is 13.7 Å². The maximum Gasteiger partial charge on any atom is 0.254 e. The highest BCUT2D eigenvalue weighted by Crippen LogP contribution is 2.15. The molecule has 0 fully saturated rings. The minimum Gasteiger partial charge on any atom is -0.397 e. The summed E-state index contributed by atoms with van der Waals surface area (Å²) in [5.41, 5.74) is 8.30. The van der Waals surface area contributed by atoms with Crippen LogP contribution < -0.4 is 11.1 Å². The van der Waals surface area contributed by atoms with Crippen LogP contribution in [0.1, 0.15) is 21.5 Å². The van der Waals surface area contributed by atoms with Gasteiger partial charge in [0.15, 0.2) is 0 Å². The summed E-state index contributed by atoms with van der Waals surface area (Å²) in [6.07, 6.45) is 1.41. The number of carbonyl (C=O) groups is 1. The van der Waals surface area contributed by atoms with Gasteiger partial charge < -0.3 is 15.8 Å². The number of nitrogens with zero attached hydrogens (tertiary/aromatic N) is 1. The lowest BCUT2D eigenvalue weighted by atomic mass is 10.1. The average molecular weight is 306 g/mol. The standard InChI is InChI=1S/C15H16ClN3O2/c1-21-9-11-4-2-3-10(5-11)7-19-15(20)13-6-12(17)8-18-14(13)16/h2-6,8H,7,9,17H2,1H3,(H,19,20). The summed E-state index contributed by atoms with van der Waals surface area (Å²) >= 11 is 5.90. The zero-order valence-corrected chi connectivity index (χ0v) is 12.4. The fraction of sp³-hybridized carbons (Fsp3) is 0.200. The van der Waals surface area contributed by atoms with Gasteiger partial charge in [0.25, 0.3) is 5.91 Å². The van der Waals surface area contributed by atoms with Crippen molar-refractivity contribution in [3.63, 3.8) is 0 Å². The van der Waals surface area contributed by atoms with Gasteiger partial charge in [-0.05, 0) is 17.2 Å². The fourth-order valence-electron chi connectivity index (χ4n) is 1.90. The predicted octanol–water partition coefficient (Wildman–Crippen LogP) is 2.39. The highest BCUT2D eigenvalue weighted by Gasteiger charge is 2.11. The second kappa shape index (κ2) is 7.06. The molecule has 1 heterocycles. The van der Waals surface area contributed by atoms with E-state index >= 15 is 0 Å². The van der Waals surface area contributed by atoms with Crippen molar-refractivity contribution in [3.05, 3.63) is 58.4 Å². The third kappa shape index (κ3) is 4.18. The van der Waals surface area contributed by atoms with Gasteiger partial charge in [-0.25, -0.2) is 4.98 Å². The number of aromatic nitrogens is 1. The van der Waals surface area contributed by atoms with Crippen LogP contribution in [-0.2, 0) is 17.9 Å². The molecule has 0 spiro atoms. The van der Waals surface area contributed by atoms with Crippen LogP contribution in [-0.4, -0.2) is 18.0 Å². The molecule has 21 heavy (non-hydrogen) atoms. The van der Waals surface area contributed by atoms with Crippen LogP contribution in [0.3, 0.4) is 0 Å². The quantitative estimate of drug-likeness (QED) is 0.832. The molecule has 0 radical (unpaired) electrons. The third-order valence-corrected chi connectivity index (χ3v) is 3.16. The van der Waals surface area contributed by atoms with E-state index in [4.69, 9.17) is 22.1 Å². The molecule has 6 heteroatoms. The number of hydrogen-bond acceptors (Lipinski definition) is 4. The van der Waals surface area contributed by atoms with E-state index in [1.165, 1.54) is 12.3 Å².